The monoisotopic (exact) mass is 384 g/mol. The SMILES string of the molecule is C\C=C/C=C1/NC=C(C(=O)Nc2ccc(F)c(CCC(=O)NC)c2)N/C1=C/C. The summed E-state index contributed by atoms with van der Waals surface area (Å²) in [4.78, 5) is 23.9. The molecular formula is C21H25FN4O2. The Hall–Kier alpha value is -3.35. The summed E-state index contributed by atoms with van der Waals surface area (Å²) in [6.45, 7) is 3.79. The van der Waals surface area contributed by atoms with Crippen LogP contribution in [-0.2, 0) is 16.0 Å². The number of amides is 2. The Labute approximate surface area is 164 Å². The molecule has 1 aliphatic rings. The van der Waals surface area contributed by atoms with Crippen molar-refractivity contribution >= 4 is 17.5 Å². The van der Waals surface area contributed by atoms with E-state index in [4.69, 9.17) is 0 Å². The average Bonchev–Trinajstić information content (AvgIpc) is 2.71. The van der Waals surface area contributed by atoms with Gasteiger partial charge in [0.05, 0.1) is 11.4 Å². The van der Waals surface area contributed by atoms with Crippen molar-refractivity contribution in [2.24, 2.45) is 0 Å². The molecule has 2 amide bonds. The highest BCUT2D eigenvalue weighted by Gasteiger charge is 2.18. The lowest BCUT2D eigenvalue weighted by molar-refractivity contribution is -0.120. The van der Waals surface area contributed by atoms with Gasteiger partial charge in [-0.25, -0.2) is 4.39 Å². The number of aryl methyl sites for hydroxylation is 1. The van der Waals surface area contributed by atoms with E-state index in [2.05, 4.69) is 21.3 Å². The Bertz CT molecular complexity index is 869. The number of carbonyl (C=O) groups excluding carboxylic acids is 2. The van der Waals surface area contributed by atoms with Crippen LogP contribution in [0, 0.1) is 5.82 Å². The zero-order valence-corrected chi connectivity index (χ0v) is 16.2. The summed E-state index contributed by atoms with van der Waals surface area (Å²) in [7, 11) is 1.53. The van der Waals surface area contributed by atoms with Crippen molar-refractivity contribution in [3.05, 3.63) is 77.2 Å². The Morgan fingerprint density at radius 3 is 2.68 bits per heavy atom. The molecule has 0 fully saturated rings. The molecule has 0 radical (unpaired) electrons. The lowest BCUT2D eigenvalue weighted by Crippen LogP contribution is -2.33. The minimum Gasteiger partial charge on any atom is -0.359 e. The molecule has 1 aromatic carbocycles. The van der Waals surface area contributed by atoms with Crippen LogP contribution in [0.25, 0.3) is 0 Å². The minimum absolute atomic E-state index is 0.169. The van der Waals surface area contributed by atoms with Crippen LogP contribution in [-0.4, -0.2) is 18.9 Å². The molecule has 0 saturated carbocycles. The first kappa shape index (κ1) is 21.0. The second-order valence-electron chi connectivity index (χ2n) is 6.07. The number of benzene rings is 1. The van der Waals surface area contributed by atoms with E-state index in [1.807, 2.05) is 38.2 Å². The fraction of sp³-hybridized carbons (Fsp3) is 0.238. The van der Waals surface area contributed by atoms with Crippen LogP contribution in [0.4, 0.5) is 10.1 Å². The molecule has 1 aromatic rings. The van der Waals surface area contributed by atoms with E-state index in [0.717, 1.165) is 11.4 Å². The summed E-state index contributed by atoms with van der Waals surface area (Å²) in [5.74, 6) is -0.938. The van der Waals surface area contributed by atoms with Crippen LogP contribution in [0.3, 0.4) is 0 Å². The van der Waals surface area contributed by atoms with Gasteiger partial charge in [-0.05, 0) is 50.1 Å². The first-order valence-corrected chi connectivity index (χ1v) is 9.02. The fourth-order valence-electron chi connectivity index (χ4n) is 2.57. The van der Waals surface area contributed by atoms with Crippen molar-refractivity contribution in [1.82, 2.24) is 16.0 Å². The number of rotatable bonds is 6. The van der Waals surface area contributed by atoms with Crippen LogP contribution in [0.5, 0.6) is 0 Å². The second-order valence-corrected chi connectivity index (χ2v) is 6.07. The van der Waals surface area contributed by atoms with E-state index in [0.29, 0.717) is 16.9 Å². The van der Waals surface area contributed by atoms with Gasteiger partial charge in [0.2, 0.25) is 5.91 Å². The Kier molecular flexibility index (Phi) is 7.56. The second kappa shape index (κ2) is 10.1. The normalized spacial score (nSPS) is 16.5. The zero-order valence-electron chi connectivity index (χ0n) is 16.2. The first-order valence-electron chi connectivity index (χ1n) is 9.02. The molecule has 0 spiro atoms. The third kappa shape index (κ3) is 5.57. The third-order valence-electron chi connectivity index (χ3n) is 4.12. The average molecular weight is 384 g/mol. The molecule has 0 unspecified atom stereocenters. The van der Waals surface area contributed by atoms with Crippen molar-refractivity contribution in [2.45, 2.75) is 26.7 Å². The number of allylic oxidation sites excluding steroid dienone is 4. The molecule has 0 saturated heterocycles. The third-order valence-corrected chi connectivity index (χ3v) is 4.12. The van der Waals surface area contributed by atoms with Gasteiger partial charge in [-0.15, -0.1) is 0 Å². The Balaban J connectivity index is 2.10. The molecule has 4 N–H and O–H groups in total. The molecule has 6 nitrogen and oxygen atoms in total. The highest BCUT2D eigenvalue weighted by molar-refractivity contribution is 6.03. The molecule has 1 heterocycles. The first-order chi connectivity index (χ1) is 13.5. The van der Waals surface area contributed by atoms with E-state index < -0.39 is 5.82 Å². The maximum absolute atomic E-state index is 14.0. The fourth-order valence-corrected chi connectivity index (χ4v) is 2.57. The van der Waals surface area contributed by atoms with Gasteiger partial charge in [-0.2, -0.15) is 0 Å². The van der Waals surface area contributed by atoms with Crippen LogP contribution >= 0.6 is 0 Å². The van der Waals surface area contributed by atoms with E-state index >= 15 is 0 Å². The van der Waals surface area contributed by atoms with E-state index in [-0.39, 0.29) is 24.7 Å². The van der Waals surface area contributed by atoms with Crippen molar-refractivity contribution in [3.63, 3.8) is 0 Å². The summed E-state index contributed by atoms with van der Waals surface area (Å²) in [6.07, 6.45) is 9.56. The topological polar surface area (TPSA) is 82.3 Å². The lowest BCUT2D eigenvalue weighted by atomic mass is 10.1. The van der Waals surface area contributed by atoms with Crippen molar-refractivity contribution in [3.8, 4) is 0 Å². The van der Waals surface area contributed by atoms with Gasteiger partial charge in [0, 0.05) is 25.4 Å². The Morgan fingerprint density at radius 1 is 1.21 bits per heavy atom. The lowest BCUT2D eigenvalue weighted by Gasteiger charge is -2.22. The highest BCUT2D eigenvalue weighted by Crippen LogP contribution is 2.18. The van der Waals surface area contributed by atoms with Crippen LogP contribution in [0.15, 0.2) is 65.8 Å². The van der Waals surface area contributed by atoms with Crippen LogP contribution < -0.4 is 21.3 Å². The maximum Gasteiger partial charge on any atom is 0.273 e. The van der Waals surface area contributed by atoms with Crippen molar-refractivity contribution < 1.29 is 14.0 Å². The van der Waals surface area contributed by atoms with E-state index in [1.54, 1.807) is 12.3 Å². The molecule has 2 rings (SSSR count). The van der Waals surface area contributed by atoms with Gasteiger partial charge < -0.3 is 21.3 Å². The standard InChI is InChI=1S/C21H25FN4O2/c1-4-6-7-18-17(5-2)26-19(13-24-18)21(28)25-15-9-10-16(22)14(12-15)8-11-20(27)23-3/h4-7,9-10,12-13,24,26H,8,11H2,1-3H3,(H,23,27)(H,25,28)/b6-4-,17-5+,18-7+. The predicted molar refractivity (Wildman–Crippen MR) is 108 cm³/mol. The Morgan fingerprint density at radius 2 is 2.00 bits per heavy atom. The number of halogens is 1. The van der Waals surface area contributed by atoms with Crippen molar-refractivity contribution in [2.75, 3.05) is 12.4 Å². The van der Waals surface area contributed by atoms with Gasteiger partial charge in [-0.1, -0.05) is 18.2 Å². The van der Waals surface area contributed by atoms with E-state index in [9.17, 15) is 14.0 Å². The summed E-state index contributed by atoms with van der Waals surface area (Å²) < 4.78 is 14.0. The summed E-state index contributed by atoms with van der Waals surface area (Å²) >= 11 is 0. The smallest absolute Gasteiger partial charge is 0.273 e. The highest BCUT2D eigenvalue weighted by atomic mass is 19.1. The van der Waals surface area contributed by atoms with E-state index in [1.165, 1.54) is 19.2 Å². The molecule has 28 heavy (non-hydrogen) atoms. The maximum atomic E-state index is 14.0. The number of hydrogen-bond acceptors (Lipinski definition) is 4. The van der Waals surface area contributed by atoms with Crippen molar-refractivity contribution in [1.29, 1.82) is 0 Å². The zero-order chi connectivity index (χ0) is 20.5. The summed E-state index contributed by atoms with van der Waals surface area (Å²) in [5, 5.41) is 11.4. The molecule has 0 atom stereocenters. The molecule has 0 aliphatic carbocycles. The number of carbonyl (C=O) groups is 2. The predicted octanol–water partition coefficient (Wildman–Crippen LogP) is 2.84. The van der Waals surface area contributed by atoms with Gasteiger partial charge >= 0.3 is 0 Å². The molecule has 0 bridgehead atoms. The number of nitrogens with one attached hydrogen (secondary N) is 4. The number of anilines is 1. The molecule has 1 aliphatic heterocycles. The van der Waals surface area contributed by atoms with Crippen LogP contribution in [0.1, 0.15) is 25.8 Å². The van der Waals surface area contributed by atoms with Gasteiger partial charge in [0.15, 0.2) is 0 Å². The molecular weight excluding hydrogens is 359 g/mol. The number of hydrogen-bond donors (Lipinski definition) is 4. The molecule has 7 heteroatoms. The summed E-state index contributed by atoms with van der Waals surface area (Å²) in [6, 6.07) is 4.31. The summed E-state index contributed by atoms with van der Waals surface area (Å²) in [5.41, 5.74) is 2.78. The molecule has 148 valence electrons. The van der Waals surface area contributed by atoms with Gasteiger partial charge in [-0.3, -0.25) is 9.59 Å². The quantitative estimate of drug-likeness (QED) is 0.608. The minimum atomic E-state index is -0.409. The largest absolute Gasteiger partial charge is 0.359 e. The molecule has 0 aromatic heterocycles. The van der Waals surface area contributed by atoms with Gasteiger partial charge in [0.25, 0.3) is 5.91 Å². The van der Waals surface area contributed by atoms with Crippen LogP contribution in [0.2, 0.25) is 0 Å². The van der Waals surface area contributed by atoms with Gasteiger partial charge in [0.1, 0.15) is 11.5 Å².